The van der Waals surface area contributed by atoms with Crippen LogP contribution in [0.3, 0.4) is 0 Å². The number of carboxylic acid groups (broad SMARTS) is 1. The van der Waals surface area contributed by atoms with E-state index in [2.05, 4.69) is 34.9 Å². The molecule has 0 saturated heterocycles. The number of carboxylic acids is 1. The first kappa shape index (κ1) is 21.4. The summed E-state index contributed by atoms with van der Waals surface area (Å²) >= 11 is 0. The number of fused-ring (bicyclic) bond motifs is 3. The molecule has 0 saturated carbocycles. The third-order valence-corrected chi connectivity index (χ3v) is 5.13. The van der Waals surface area contributed by atoms with Crippen molar-refractivity contribution in [2.24, 2.45) is 0 Å². The van der Waals surface area contributed by atoms with Crippen molar-refractivity contribution in [3.8, 4) is 11.1 Å². The van der Waals surface area contributed by atoms with E-state index in [9.17, 15) is 14.4 Å². The standard InChI is InChI=1S/C23H26N2O5/c26-21(25-14-22(27)28)12-2-1-7-13-24-23(29)30-15-20-18-10-5-3-8-16(18)17-9-4-6-11-19(17)20/h3-6,8-11,20H,1-2,7,12-15H2,(H,24,29)(H,25,26)(H,27,28). The maximum Gasteiger partial charge on any atom is 0.407 e. The monoisotopic (exact) mass is 410 g/mol. The van der Waals surface area contributed by atoms with E-state index in [-0.39, 0.29) is 31.4 Å². The van der Waals surface area contributed by atoms with E-state index < -0.39 is 12.1 Å². The fourth-order valence-electron chi connectivity index (χ4n) is 3.69. The lowest BCUT2D eigenvalue weighted by molar-refractivity contribution is -0.137. The third kappa shape index (κ3) is 5.59. The number of rotatable bonds is 10. The number of hydrogen-bond donors (Lipinski definition) is 3. The van der Waals surface area contributed by atoms with E-state index in [0.717, 1.165) is 12.8 Å². The van der Waals surface area contributed by atoms with E-state index in [1.807, 2.05) is 24.3 Å². The number of benzene rings is 2. The van der Waals surface area contributed by atoms with Crippen LogP contribution in [0, 0.1) is 0 Å². The number of aliphatic carboxylic acids is 1. The Morgan fingerprint density at radius 1 is 0.867 bits per heavy atom. The molecule has 0 radical (unpaired) electrons. The Bertz CT molecular complexity index is 866. The lowest BCUT2D eigenvalue weighted by atomic mass is 9.98. The molecule has 2 aromatic rings. The minimum atomic E-state index is -1.06. The molecular formula is C23H26N2O5. The van der Waals surface area contributed by atoms with Gasteiger partial charge in [-0.25, -0.2) is 4.79 Å². The van der Waals surface area contributed by atoms with Gasteiger partial charge in [-0.3, -0.25) is 9.59 Å². The van der Waals surface area contributed by atoms with Crippen LogP contribution in [0.4, 0.5) is 4.79 Å². The Morgan fingerprint density at radius 3 is 2.13 bits per heavy atom. The first-order valence-corrected chi connectivity index (χ1v) is 10.1. The summed E-state index contributed by atoms with van der Waals surface area (Å²) in [4.78, 5) is 33.8. The molecule has 0 fully saturated rings. The molecule has 3 N–H and O–H groups in total. The Kier molecular flexibility index (Phi) is 7.43. The largest absolute Gasteiger partial charge is 0.480 e. The zero-order valence-electron chi connectivity index (χ0n) is 16.7. The van der Waals surface area contributed by atoms with Gasteiger partial charge in [-0.05, 0) is 35.1 Å². The maximum atomic E-state index is 12.1. The van der Waals surface area contributed by atoms with Crippen LogP contribution in [0.2, 0.25) is 0 Å². The van der Waals surface area contributed by atoms with Gasteiger partial charge >= 0.3 is 12.1 Å². The van der Waals surface area contributed by atoms with Gasteiger partial charge in [-0.2, -0.15) is 0 Å². The fraction of sp³-hybridized carbons (Fsp3) is 0.348. The average molecular weight is 410 g/mol. The molecule has 1 aliphatic carbocycles. The molecule has 30 heavy (non-hydrogen) atoms. The normalized spacial score (nSPS) is 12.0. The van der Waals surface area contributed by atoms with Crippen LogP contribution in [0.5, 0.6) is 0 Å². The fourth-order valence-corrected chi connectivity index (χ4v) is 3.69. The molecule has 0 heterocycles. The van der Waals surface area contributed by atoms with Crippen LogP contribution in [-0.4, -0.2) is 42.8 Å². The van der Waals surface area contributed by atoms with Crippen molar-refractivity contribution in [3.63, 3.8) is 0 Å². The van der Waals surface area contributed by atoms with Crippen molar-refractivity contribution in [1.82, 2.24) is 10.6 Å². The molecule has 0 aliphatic heterocycles. The molecule has 1 aliphatic rings. The molecule has 7 heteroatoms. The summed E-state index contributed by atoms with van der Waals surface area (Å²) in [5.41, 5.74) is 4.73. The second kappa shape index (κ2) is 10.4. The summed E-state index contributed by atoms with van der Waals surface area (Å²) in [6.45, 7) is 0.388. The Balaban J connectivity index is 1.36. The molecule has 3 rings (SSSR count). The second-order valence-corrected chi connectivity index (χ2v) is 7.23. The molecule has 0 bridgehead atoms. The van der Waals surface area contributed by atoms with Gasteiger partial charge in [0.05, 0.1) is 0 Å². The van der Waals surface area contributed by atoms with Crippen molar-refractivity contribution in [2.45, 2.75) is 31.6 Å². The van der Waals surface area contributed by atoms with Crippen LogP contribution in [-0.2, 0) is 14.3 Å². The zero-order chi connectivity index (χ0) is 21.3. The topological polar surface area (TPSA) is 105 Å². The van der Waals surface area contributed by atoms with Gasteiger partial charge < -0.3 is 20.5 Å². The maximum absolute atomic E-state index is 12.1. The minimum absolute atomic E-state index is 0.0347. The first-order valence-electron chi connectivity index (χ1n) is 10.1. The number of amides is 2. The van der Waals surface area contributed by atoms with E-state index in [4.69, 9.17) is 9.84 Å². The first-order chi connectivity index (χ1) is 14.6. The lowest BCUT2D eigenvalue weighted by Crippen LogP contribution is -2.29. The van der Waals surface area contributed by atoms with E-state index in [1.165, 1.54) is 22.3 Å². The van der Waals surface area contributed by atoms with Crippen molar-refractivity contribution in [2.75, 3.05) is 19.7 Å². The van der Waals surface area contributed by atoms with Crippen molar-refractivity contribution in [1.29, 1.82) is 0 Å². The summed E-state index contributed by atoms with van der Waals surface area (Å²) in [5.74, 6) is -1.30. The quantitative estimate of drug-likeness (QED) is 0.522. The number of carbonyl (C=O) groups is 3. The minimum Gasteiger partial charge on any atom is -0.480 e. The second-order valence-electron chi connectivity index (χ2n) is 7.23. The third-order valence-electron chi connectivity index (χ3n) is 5.13. The molecule has 7 nitrogen and oxygen atoms in total. The van der Waals surface area contributed by atoms with E-state index in [0.29, 0.717) is 13.0 Å². The summed E-state index contributed by atoms with van der Waals surface area (Å²) in [7, 11) is 0. The van der Waals surface area contributed by atoms with E-state index >= 15 is 0 Å². The van der Waals surface area contributed by atoms with Crippen LogP contribution in [0.15, 0.2) is 48.5 Å². The summed E-state index contributed by atoms with van der Waals surface area (Å²) in [6.07, 6.45) is 1.94. The van der Waals surface area contributed by atoms with Crippen LogP contribution < -0.4 is 10.6 Å². The smallest absolute Gasteiger partial charge is 0.407 e. The molecule has 2 aromatic carbocycles. The molecule has 0 unspecified atom stereocenters. The summed E-state index contributed by atoms with van der Waals surface area (Å²) < 4.78 is 5.47. The highest BCUT2D eigenvalue weighted by Gasteiger charge is 2.28. The predicted molar refractivity (Wildman–Crippen MR) is 112 cm³/mol. The SMILES string of the molecule is O=C(O)CNC(=O)CCCCCNC(=O)OCC1c2ccccc2-c2ccccc21. The van der Waals surface area contributed by atoms with Gasteiger partial charge in [0.1, 0.15) is 13.2 Å². The predicted octanol–water partition coefficient (Wildman–Crippen LogP) is 3.29. The summed E-state index contributed by atoms with van der Waals surface area (Å²) in [6, 6.07) is 16.4. The highest BCUT2D eigenvalue weighted by Crippen LogP contribution is 2.44. The van der Waals surface area contributed by atoms with Gasteiger partial charge in [0.25, 0.3) is 0 Å². The molecule has 0 spiro atoms. The van der Waals surface area contributed by atoms with Crippen LogP contribution >= 0.6 is 0 Å². The van der Waals surface area contributed by atoms with Crippen LogP contribution in [0.25, 0.3) is 11.1 Å². The molecular weight excluding hydrogens is 384 g/mol. The Morgan fingerprint density at radius 2 is 1.50 bits per heavy atom. The van der Waals surface area contributed by atoms with Gasteiger partial charge in [0.15, 0.2) is 0 Å². The molecule has 0 atom stereocenters. The van der Waals surface area contributed by atoms with Crippen molar-refractivity contribution < 1.29 is 24.2 Å². The van der Waals surface area contributed by atoms with Gasteiger partial charge in [-0.1, -0.05) is 55.0 Å². The Labute approximate surface area is 175 Å². The lowest BCUT2D eigenvalue weighted by Gasteiger charge is -2.14. The number of alkyl carbamates (subject to hydrolysis) is 1. The van der Waals surface area contributed by atoms with Gasteiger partial charge in [-0.15, -0.1) is 0 Å². The molecule has 158 valence electrons. The number of hydrogen-bond acceptors (Lipinski definition) is 4. The number of nitrogens with one attached hydrogen (secondary N) is 2. The zero-order valence-corrected chi connectivity index (χ0v) is 16.7. The summed E-state index contributed by atoms with van der Waals surface area (Å²) in [5, 5.41) is 13.6. The molecule has 0 aromatic heterocycles. The van der Waals surface area contributed by atoms with Crippen molar-refractivity contribution in [3.05, 3.63) is 59.7 Å². The van der Waals surface area contributed by atoms with Gasteiger partial charge in [0.2, 0.25) is 5.91 Å². The number of carbonyl (C=O) groups excluding carboxylic acids is 2. The average Bonchev–Trinajstić information content (AvgIpc) is 3.07. The highest BCUT2D eigenvalue weighted by molar-refractivity contribution is 5.81. The van der Waals surface area contributed by atoms with Crippen molar-refractivity contribution >= 4 is 18.0 Å². The van der Waals surface area contributed by atoms with E-state index in [1.54, 1.807) is 0 Å². The van der Waals surface area contributed by atoms with Gasteiger partial charge in [0, 0.05) is 18.9 Å². The number of ether oxygens (including phenoxy) is 1. The highest BCUT2D eigenvalue weighted by atomic mass is 16.5. The number of unbranched alkanes of at least 4 members (excludes halogenated alkanes) is 2. The van der Waals surface area contributed by atoms with Crippen LogP contribution in [0.1, 0.15) is 42.7 Å². The Hall–Kier alpha value is -3.35. The molecule has 2 amide bonds.